The molecule has 1 unspecified atom stereocenters. The highest BCUT2D eigenvalue weighted by Crippen LogP contribution is 2.39. The maximum atomic E-state index is 12.1. The Hall–Kier alpha value is -0.920. The number of sulfone groups is 1. The maximum absolute atomic E-state index is 12.1. The first kappa shape index (κ1) is 15.0. The first-order valence-electron chi connectivity index (χ1n) is 6.70. The molecule has 0 spiro atoms. The van der Waals surface area contributed by atoms with Gasteiger partial charge in [-0.2, -0.15) is 0 Å². The molecule has 0 radical (unpaired) electrons. The summed E-state index contributed by atoms with van der Waals surface area (Å²) >= 11 is 2.23. The molecule has 3 nitrogen and oxygen atoms in total. The SMILES string of the molecule is O=S1(=O)CCC(O)(Cc2ccc(I)cc2)c2ccccc21. The lowest BCUT2D eigenvalue weighted by Gasteiger charge is -2.34. The van der Waals surface area contributed by atoms with Gasteiger partial charge in [0.1, 0.15) is 0 Å². The summed E-state index contributed by atoms with van der Waals surface area (Å²) in [5.74, 6) is -0.00905. The van der Waals surface area contributed by atoms with Gasteiger partial charge in [0.15, 0.2) is 9.84 Å². The lowest BCUT2D eigenvalue weighted by atomic mass is 9.84. The molecule has 21 heavy (non-hydrogen) atoms. The average Bonchev–Trinajstić information content (AvgIpc) is 2.47. The van der Waals surface area contributed by atoms with E-state index in [9.17, 15) is 13.5 Å². The van der Waals surface area contributed by atoms with E-state index in [2.05, 4.69) is 22.6 Å². The molecule has 0 saturated carbocycles. The zero-order valence-electron chi connectivity index (χ0n) is 11.3. The second kappa shape index (κ2) is 5.37. The minimum Gasteiger partial charge on any atom is -0.385 e. The van der Waals surface area contributed by atoms with Crippen molar-refractivity contribution in [3.8, 4) is 0 Å². The summed E-state index contributed by atoms with van der Waals surface area (Å²) in [6, 6.07) is 14.7. The lowest BCUT2D eigenvalue weighted by Crippen LogP contribution is -2.37. The fourth-order valence-corrected chi connectivity index (χ4v) is 4.86. The van der Waals surface area contributed by atoms with Crippen LogP contribution in [0.2, 0.25) is 0 Å². The molecule has 1 heterocycles. The maximum Gasteiger partial charge on any atom is 0.178 e. The van der Waals surface area contributed by atoms with E-state index in [1.807, 2.05) is 24.3 Å². The minimum absolute atomic E-state index is 0.00905. The smallest absolute Gasteiger partial charge is 0.178 e. The fourth-order valence-electron chi connectivity index (χ4n) is 2.79. The molecule has 0 aliphatic carbocycles. The van der Waals surface area contributed by atoms with Gasteiger partial charge in [-0.05, 0) is 52.8 Å². The number of hydrogen-bond acceptors (Lipinski definition) is 3. The van der Waals surface area contributed by atoms with Crippen molar-refractivity contribution in [2.75, 3.05) is 5.75 Å². The second-order valence-corrected chi connectivity index (χ2v) is 8.72. The summed E-state index contributed by atoms with van der Waals surface area (Å²) in [7, 11) is -3.27. The van der Waals surface area contributed by atoms with E-state index >= 15 is 0 Å². The summed E-state index contributed by atoms with van der Waals surface area (Å²) < 4.78 is 25.4. The molecule has 3 rings (SSSR count). The van der Waals surface area contributed by atoms with Crippen molar-refractivity contribution >= 4 is 32.4 Å². The van der Waals surface area contributed by atoms with Crippen molar-refractivity contribution in [2.24, 2.45) is 0 Å². The molecular weight excluding hydrogens is 399 g/mol. The highest BCUT2D eigenvalue weighted by atomic mass is 127. The summed E-state index contributed by atoms with van der Waals surface area (Å²) in [5, 5.41) is 11.0. The summed E-state index contributed by atoms with van der Waals surface area (Å²) in [5.41, 5.74) is 0.413. The standard InChI is InChI=1S/C16H15IO3S/c17-13-7-5-12(6-8-13)11-16(18)9-10-21(19,20)15-4-2-1-3-14(15)16/h1-8,18H,9-11H2. The molecular formula is C16H15IO3S. The number of benzene rings is 2. The molecule has 2 aromatic rings. The van der Waals surface area contributed by atoms with Gasteiger partial charge < -0.3 is 5.11 Å². The summed E-state index contributed by atoms with van der Waals surface area (Å²) in [6.07, 6.45) is 0.661. The minimum atomic E-state index is -3.27. The van der Waals surface area contributed by atoms with Gasteiger partial charge in [-0.3, -0.25) is 0 Å². The number of rotatable bonds is 2. The predicted octanol–water partition coefficient (Wildman–Crippen LogP) is 2.90. The third-order valence-electron chi connectivity index (χ3n) is 3.92. The van der Waals surface area contributed by atoms with Gasteiger partial charge in [-0.1, -0.05) is 30.3 Å². The van der Waals surface area contributed by atoms with Crippen molar-refractivity contribution < 1.29 is 13.5 Å². The topological polar surface area (TPSA) is 54.4 Å². The van der Waals surface area contributed by atoms with E-state index in [0.29, 0.717) is 12.0 Å². The zero-order chi connectivity index (χ0) is 15.1. The molecule has 0 aromatic heterocycles. The molecule has 1 atom stereocenters. The molecule has 0 fully saturated rings. The normalized spacial score (nSPS) is 23.5. The predicted molar refractivity (Wildman–Crippen MR) is 89.9 cm³/mol. The van der Waals surface area contributed by atoms with Gasteiger partial charge >= 0.3 is 0 Å². The van der Waals surface area contributed by atoms with Gasteiger partial charge in [0, 0.05) is 15.6 Å². The van der Waals surface area contributed by atoms with Crippen LogP contribution in [0.5, 0.6) is 0 Å². The van der Waals surface area contributed by atoms with Crippen LogP contribution in [0.15, 0.2) is 53.4 Å². The van der Waals surface area contributed by atoms with Gasteiger partial charge in [0.05, 0.1) is 16.2 Å². The first-order valence-corrected chi connectivity index (χ1v) is 9.43. The van der Waals surface area contributed by atoms with Crippen LogP contribution in [0.4, 0.5) is 0 Å². The van der Waals surface area contributed by atoms with Crippen molar-refractivity contribution in [3.05, 3.63) is 63.2 Å². The van der Waals surface area contributed by atoms with Crippen LogP contribution < -0.4 is 0 Å². The van der Waals surface area contributed by atoms with E-state index in [-0.39, 0.29) is 17.1 Å². The summed E-state index contributed by atoms with van der Waals surface area (Å²) in [4.78, 5) is 0.268. The number of fused-ring (bicyclic) bond motifs is 1. The van der Waals surface area contributed by atoms with Crippen LogP contribution in [0.25, 0.3) is 0 Å². The second-order valence-electron chi connectivity index (χ2n) is 5.40. The Morgan fingerprint density at radius 1 is 1.10 bits per heavy atom. The van der Waals surface area contributed by atoms with Crippen molar-refractivity contribution in [1.29, 1.82) is 0 Å². The van der Waals surface area contributed by atoms with E-state index < -0.39 is 15.4 Å². The fraction of sp³-hybridized carbons (Fsp3) is 0.250. The molecule has 0 saturated heterocycles. The quantitative estimate of drug-likeness (QED) is 0.770. The summed E-state index contributed by atoms with van der Waals surface area (Å²) in [6.45, 7) is 0. The third kappa shape index (κ3) is 2.86. The van der Waals surface area contributed by atoms with Crippen molar-refractivity contribution in [2.45, 2.75) is 23.3 Å². The number of halogens is 1. The van der Waals surface area contributed by atoms with Gasteiger partial charge in [0.2, 0.25) is 0 Å². The molecule has 0 bridgehead atoms. The van der Waals surface area contributed by atoms with Crippen LogP contribution in [0.3, 0.4) is 0 Å². The monoisotopic (exact) mass is 414 g/mol. The Bertz CT molecular complexity index is 768. The average molecular weight is 414 g/mol. The van der Waals surface area contributed by atoms with Gasteiger partial charge in [0.25, 0.3) is 0 Å². The van der Waals surface area contributed by atoms with Gasteiger partial charge in [-0.25, -0.2) is 8.42 Å². The van der Waals surface area contributed by atoms with Crippen molar-refractivity contribution in [1.82, 2.24) is 0 Å². The molecule has 0 amide bonds. The molecule has 5 heteroatoms. The Balaban J connectivity index is 2.04. The van der Waals surface area contributed by atoms with E-state index in [1.54, 1.807) is 24.3 Å². The van der Waals surface area contributed by atoms with E-state index in [1.165, 1.54) is 0 Å². The molecule has 1 N–H and O–H groups in total. The first-order chi connectivity index (χ1) is 9.91. The third-order valence-corrected chi connectivity index (χ3v) is 6.40. The van der Waals surface area contributed by atoms with E-state index in [4.69, 9.17) is 0 Å². The van der Waals surface area contributed by atoms with Crippen LogP contribution >= 0.6 is 22.6 Å². The Kier molecular flexibility index (Phi) is 3.83. The largest absolute Gasteiger partial charge is 0.385 e. The Morgan fingerprint density at radius 2 is 1.76 bits per heavy atom. The Morgan fingerprint density at radius 3 is 2.48 bits per heavy atom. The van der Waals surface area contributed by atoms with Crippen LogP contribution in [-0.4, -0.2) is 19.3 Å². The van der Waals surface area contributed by atoms with Gasteiger partial charge in [-0.15, -0.1) is 0 Å². The van der Waals surface area contributed by atoms with Crippen molar-refractivity contribution in [3.63, 3.8) is 0 Å². The number of hydrogen-bond donors (Lipinski definition) is 1. The molecule has 1 aliphatic rings. The number of aliphatic hydroxyl groups is 1. The lowest BCUT2D eigenvalue weighted by molar-refractivity contribution is 0.0283. The molecule has 1 aliphatic heterocycles. The van der Waals surface area contributed by atoms with Crippen LogP contribution in [0.1, 0.15) is 17.5 Å². The van der Waals surface area contributed by atoms with Crippen LogP contribution in [0, 0.1) is 3.57 Å². The molecule has 2 aromatic carbocycles. The highest BCUT2D eigenvalue weighted by molar-refractivity contribution is 14.1. The molecule has 110 valence electrons. The van der Waals surface area contributed by atoms with E-state index in [0.717, 1.165) is 9.13 Å². The zero-order valence-corrected chi connectivity index (χ0v) is 14.3. The Labute approximate surface area is 138 Å². The highest BCUT2D eigenvalue weighted by Gasteiger charge is 2.40. The van der Waals surface area contributed by atoms with Crippen LogP contribution in [-0.2, 0) is 21.9 Å².